The molecule has 0 spiro atoms. The normalized spacial score (nSPS) is 14.9. The highest BCUT2D eigenvalue weighted by molar-refractivity contribution is 7.73. The molecule has 3 aromatic carbocycles. The third-order valence-electron chi connectivity index (χ3n) is 4.63. The lowest BCUT2D eigenvalue weighted by Crippen LogP contribution is -2.20. The van der Waals surface area contributed by atoms with Gasteiger partial charge in [-0.2, -0.15) is 0 Å². The summed E-state index contributed by atoms with van der Waals surface area (Å²) >= 11 is 0. The molecule has 0 radical (unpaired) electrons. The molecule has 0 bridgehead atoms. The Bertz CT molecular complexity index is 799. The van der Waals surface area contributed by atoms with Crippen LogP contribution in [-0.4, -0.2) is 0 Å². The van der Waals surface area contributed by atoms with Crippen LogP contribution < -0.4 is 10.6 Å². The molecule has 122 valence electrons. The van der Waals surface area contributed by atoms with Crippen LogP contribution in [-0.2, 0) is 0 Å². The largest absolute Gasteiger partial charge is 0.0766 e. The van der Waals surface area contributed by atoms with Crippen LogP contribution in [0.3, 0.4) is 0 Å². The Kier molecular flexibility index (Phi) is 4.91. The minimum Gasteiger partial charge on any atom is -0.0766 e. The van der Waals surface area contributed by atoms with E-state index in [-0.39, 0.29) is 0 Å². The fourth-order valence-corrected chi connectivity index (χ4v) is 6.44. The fourth-order valence-electron chi connectivity index (χ4n) is 3.50. The lowest BCUT2D eigenvalue weighted by molar-refractivity contribution is 0.786. The molecular weight excluding hydrogens is 319 g/mol. The molecule has 25 heavy (non-hydrogen) atoms. The molecule has 0 nitrogen and oxygen atoms in total. The van der Waals surface area contributed by atoms with E-state index >= 15 is 0 Å². The second-order valence-corrected chi connectivity index (χ2v) is 8.57. The van der Waals surface area contributed by atoms with Crippen LogP contribution in [0.2, 0.25) is 0 Å². The van der Waals surface area contributed by atoms with E-state index < -0.39 is 7.92 Å². The maximum Gasteiger partial charge on any atom is 0.0220 e. The van der Waals surface area contributed by atoms with Gasteiger partial charge in [-0.05, 0) is 24.1 Å². The minimum atomic E-state index is -0.504. The first-order valence-electron chi connectivity index (χ1n) is 8.73. The van der Waals surface area contributed by atoms with Crippen molar-refractivity contribution >= 4 is 18.5 Å². The van der Waals surface area contributed by atoms with Crippen LogP contribution in [0.15, 0.2) is 115 Å². The van der Waals surface area contributed by atoms with Gasteiger partial charge in [0.1, 0.15) is 0 Å². The van der Waals surface area contributed by atoms with Crippen molar-refractivity contribution in [3.63, 3.8) is 0 Å². The van der Waals surface area contributed by atoms with E-state index in [1.165, 1.54) is 16.2 Å². The van der Waals surface area contributed by atoms with E-state index in [1.807, 2.05) is 0 Å². The van der Waals surface area contributed by atoms with Gasteiger partial charge in [0.15, 0.2) is 0 Å². The minimum absolute atomic E-state index is 0.439. The highest BCUT2D eigenvalue weighted by atomic mass is 31.1. The van der Waals surface area contributed by atoms with Crippen molar-refractivity contribution in [2.75, 3.05) is 0 Å². The number of benzene rings is 3. The molecule has 1 aliphatic carbocycles. The average Bonchev–Trinajstić information content (AvgIpc) is 3.22. The monoisotopic (exact) mass is 340 g/mol. The molecule has 0 N–H and O–H groups in total. The van der Waals surface area contributed by atoms with Gasteiger partial charge in [0.05, 0.1) is 0 Å². The Morgan fingerprint density at radius 1 is 0.560 bits per heavy atom. The number of hydrogen-bond donors (Lipinski definition) is 0. The second-order valence-electron chi connectivity index (χ2n) is 6.24. The fraction of sp³-hybridized carbons (Fsp3) is 0.0833. The summed E-state index contributed by atoms with van der Waals surface area (Å²) in [5.41, 5.74) is 1.86. The van der Waals surface area contributed by atoms with Gasteiger partial charge in [0.25, 0.3) is 0 Å². The zero-order valence-electron chi connectivity index (χ0n) is 14.1. The first kappa shape index (κ1) is 16.1. The van der Waals surface area contributed by atoms with Gasteiger partial charge in [-0.25, -0.2) is 0 Å². The van der Waals surface area contributed by atoms with Gasteiger partial charge in [-0.1, -0.05) is 115 Å². The molecule has 1 aliphatic rings. The van der Waals surface area contributed by atoms with Gasteiger partial charge < -0.3 is 0 Å². The third kappa shape index (κ3) is 3.50. The SMILES string of the molecule is C1=CC(C(c2ccccc2)P(c2ccccc2)c2ccccc2)C=C1. The summed E-state index contributed by atoms with van der Waals surface area (Å²) < 4.78 is 0. The second kappa shape index (κ2) is 7.64. The Hall–Kier alpha value is -2.43. The van der Waals surface area contributed by atoms with E-state index in [0.29, 0.717) is 11.6 Å². The van der Waals surface area contributed by atoms with Crippen LogP contribution in [0.1, 0.15) is 11.2 Å². The van der Waals surface area contributed by atoms with Crippen molar-refractivity contribution in [1.29, 1.82) is 0 Å². The van der Waals surface area contributed by atoms with Gasteiger partial charge in [0.2, 0.25) is 0 Å². The highest BCUT2D eigenvalue weighted by Crippen LogP contribution is 2.54. The van der Waals surface area contributed by atoms with E-state index in [0.717, 1.165) is 0 Å². The molecule has 0 saturated carbocycles. The van der Waals surface area contributed by atoms with Crippen LogP contribution in [0.4, 0.5) is 0 Å². The molecule has 0 fully saturated rings. The topological polar surface area (TPSA) is 0 Å². The van der Waals surface area contributed by atoms with Gasteiger partial charge in [-0.15, -0.1) is 0 Å². The summed E-state index contributed by atoms with van der Waals surface area (Å²) in [7, 11) is -0.504. The van der Waals surface area contributed by atoms with Crippen molar-refractivity contribution in [2.45, 2.75) is 5.66 Å². The average molecular weight is 340 g/mol. The molecule has 0 aliphatic heterocycles. The molecule has 3 aromatic rings. The van der Waals surface area contributed by atoms with Crippen molar-refractivity contribution in [1.82, 2.24) is 0 Å². The summed E-state index contributed by atoms with van der Waals surface area (Å²) in [5, 5.41) is 2.87. The van der Waals surface area contributed by atoms with Crippen LogP contribution in [0, 0.1) is 5.92 Å². The van der Waals surface area contributed by atoms with Gasteiger partial charge >= 0.3 is 0 Å². The predicted molar refractivity (Wildman–Crippen MR) is 110 cm³/mol. The van der Waals surface area contributed by atoms with E-state index in [1.54, 1.807) is 0 Å². The van der Waals surface area contributed by atoms with Gasteiger partial charge in [-0.3, -0.25) is 0 Å². The van der Waals surface area contributed by atoms with Crippen molar-refractivity contribution in [2.24, 2.45) is 5.92 Å². The maximum atomic E-state index is 2.35. The number of rotatable bonds is 5. The molecule has 0 heterocycles. The Balaban J connectivity index is 1.88. The number of hydrogen-bond acceptors (Lipinski definition) is 0. The quantitative estimate of drug-likeness (QED) is 0.530. The lowest BCUT2D eigenvalue weighted by Gasteiger charge is -2.32. The van der Waals surface area contributed by atoms with E-state index in [9.17, 15) is 0 Å². The molecule has 0 saturated heterocycles. The van der Waals surface area contributed by atoms with E-state index in [2.05, 4.69) is 115 Å². The molecule has 1 atom stereocenters. The Morgan fingerprint density at radius 3 is 1.48 bits per heavy atom. The molecule has 0 amide bonds. The van der Waals surface area contributed by atoms with Crippen molar-refractivity contribution < 1.29 is 0 Å². The molecule has 0 aromatic heterocycles. The Morgan fingerprint density at radius 2 is 1.00 bits per heavy atom. The smallest absolute Gasteiger partial charge is 0.0220 e. The summed E-state index contributed by atoms with van der Waals surface area (Å²) in [6, 6.07) is 33.0. The van der Waals surface area contributed by atoms with Crippen molar-refractivity contribution in [3.8, 4) is 0 Å². The molecule has 1 unspecified atom stereocenters. The molecule has 4 rings (SSSR count). The van der Waals surface area contributed by atoms with Gasteiger partial charge in [0, 0.05) is 11.6 Å². The summed E-state index contributed by atoms with van der Waals surface area (Å²) in [4.78, 5) is 0. The Labute approximate surface area is 151 Å². The number of allylic oxidation sites excluding steroid dienone is 4. The maximum absolute atomic E-state index is 2.35. The predicted octanol–water partition coefficient (Wildman–Crippen LogP) is 5.60. The van der Waals surface area contributed by atoms with Crippen molar-refractivity contribution in [3.05, 3.63) is 121 Å². The van der Waals surface area contributed by atoms with Crippen LogP contribution >= 0.6 is 7.92 Å². The summed E-state index contributed by atoms with van der Waals surface area (Å²) in [6.45, 7) is 0. The zero-order chi connectivity index (χ0) is 16.9. The third-order valence-corrected chi connectivity index (χ3v) is 7.54. The summed E-state index contributed by atoms with van der Waals surface area (Å²) in [6.07, 6.45) is 9.06. The van der Waals surface area contributed by atoms with Crippen LogP contribution in [0.25, 0.3) is 0 Å². The first-order chi connectivity index (χ1) is 12.4. The highest BCUT2D eigenvalue weighted by Gasteiger charge is 2.31. The molecular formula is C24H21P. The van der Waals surface area contributed by atoms with E-state index in [4.69, 9.17) is 0 Å². The zero-order valence-corrected chi connectivity index (χ0v) is 15.0. The first-order valence-corrected chi connectivity index (χ1v) is 10.1. The summed E-state index contributed by atoms with van der Waals surface area (Å²) in [5.74, 6) is 0.439. The molecule has 1 heteroatoms. The standard InChI is InChI=1S/C24H21P/c1-4-12-20(13-5-1)24(21-14-10-11-15-21)25(22-16-6-2-7-17-22)23-18-8-3-9-19-23/h1-19,21,24H. The lowest BCUT2D eigenvalue weighted by atomic mass is 10.0. The van der Waals surface area contributed by atoms with Crippen LogP contribution in [0.5, 0.6) is 0 Å².